The van der Waals surface area contributed by atoms with Gasteiger partial charge in [-0.2, -0.15) is 0 Å². The highest BCUT2D eigenvalue weighted by atomic mass is 16.3. The molecule has 0 amide bonds. The predicted octanol–water partition coefficient (Wildman–Crippen LogP) is 2.47. The van der Waals surface area contributed by atoms with Crippen LogP contribution in [0.4, 0.5) is 0 Å². The van der Waals surface area contributed by atoms with E-state index in [1.807, 2.05) is 12.1 Å². The highest BCUT2D eigenvalue weighted by molar-refractivity contribution is 5.77. The van der Waals surface area contributed by atoms with Gasteiger partial charge in [0.15, 0.2) is 0 Å². The molecule has 1 saturated carbocycles. The first-order chi connectivity index (χ1) is 6.75. The molecule has 1 aromatic heterocycles. The Morgan fingerprint density at radius 1 is 1.29 bits per heavy atom. The summed E-state index contributed by atoms with van der Waals surface area (Å²) >= 11 is 0. The van der Waals surface area contributed by atoms with Crippen molar-refractivity contribution in [3.05, 3.63) is 36.1 Å². The number of hydrogen-bond acceptors (Lipinski definition) is 2. The molecule has 14 heavy (non-hydrogen) atoms. The second kappa shape index (κ2) is 2.61. The van der Waals surface area contributed by atoms with Gasteiger partial charge in [-0.25, -0.2) is 0 Å². The van der Waals surface area contributed by atoms with Gasteiger partial charge in [0.05, 0.1) is 6.26 Å². The summed E-state index contributed by atoms with van der Waals surface area (Å²) in [6.07, 6.45) is 5.05. The minimum Gasteiger partial charge on any atom is -0.464 e. The molecule has 72 valence electrons. The maximum atomic E-state index is 6.07. The summed E-state index contributed by atoms with van der Waals surface area (Å²) in [5, 5.41) is 1.17. The molecule has 1 aliphatic carbocycles. The molecule has 2 N–H and O–H groups in total. The molecule has 2 aromatic rings. The lowest BCUT2D eigenvalue weighted by Gasteiger charge is -2.07. The Kier molecular flexibility index (Phi) is 1.50. The Morgan fingerprint density at radius 3 is 2.93 bits per heavy atom. The minimum atomic E-state index is 0.0947. The van der Waals surface area contributed by atoms with E-state index in [-0.39, 0.29) is 5.54 Å². The van der Waals surface area contributed by atoms with Crippen LogP contribution in [0.25, 0.3) is 11.0 Å². The van der Waals surface area contributed by atoms with Gasteiger partial charge < -0.3 is 10.2 Å². The van der Waals surface area contributed by atoms with Crippen LogP contribution in [0, 0.1) is 0 Å². The van der Waals surface area contributed by atoms with Gasteiger partial charge >= 0.3 is 0 Å². The van der Waals surface area contributed by atoms with Gasteiger partial charge in [-0.3, -0.25) is 0 Å². The smallest absolute Gasteiger partial charge is 0.133 e. The molecule has 1 fully saturated rings. The summed E-state index contributed by atoms with van der Waals surface area (Å²) in [6.45, 7) is 0. The van der Waals surface area contributed by atoms with Crippen LogP contribution >= 0.6 is 0 Å². The van der Waals surface area contributed by atoms with Crippen molar-refractivity contribution >= 4 is 11.0 Å². The van der Waals surface area contributed by atoms with Crippen molar-refractivity contribution in [2.75, 3.05) is 0 Å². The molecule has 1 aromatic carbocycles. The Hall–Kier alpha value is -1.28. The monoisotopic (exact) mass is 187 g/mol. The van der Waals surface area contributed by atoms with E-state index in [4.69, 9.17) is 10.2 Å². The molecule has 1 heterocycles. The third-order valence-corrected chi connectivity index (χ3v) is 2.97. The first-order valence-corrected chi connectivity index (χ1v) is 5.00. The molecule has 0 saturated heterocycles. The fourth-order valence-corrected chi connectivity index (χ4v) is 1.87. The summed E-state index contributed by atoms with van der Waals surface area (Å²) in [7, 11) is 0. The van der Waals surface area contributed by atoms with Crippen LogP contribution in [-0.2, 0) is 6.42 Å². The van der Waals surface area contributed by atoms with E-state index >= 15 is 0 Å². The van der Waals surface area contributed by atoms with E-state index in [1.54, 1.807) is 6.26 Å². The molecule has 2 nitrogen and oxygen atoms in total. The van der Waals surface area contributed by atoms with Crippen molar-refractivity contribution in [3.63, 3.8) is 0 Å². The second-order valence-electron chi connectivity index (χ2n) is 4.33. The van der Waals surface area contributed by atoms with Crippen LogP contribution in [0.2, 0.25) is 0 Å². The number of benzene rings is 1. The SMILES string of the molecule is NC1(Cc2ccc3occc3c2)CC1. The number of nitrogens with two attached hydrogens (primary N) is 1. The number of fused-ring (bicyclic) bond motifs is 1. The lowest BCUT2D eigenvalue weighted by Crippen LogP contribution is -2.24. The molecule has 0 atom stereocenters. The topological polar surface area (TPSA) is 39.2 Å². The molecule has 1 aliphatic rings. The van der Waals surface area contributed by atoms with Crippen molar-refractivity contribution in [3.8, 4) is 0 Å². The molecule has 0 radical (unpaired) electrons. The predicted molar refractivity (Wildman–Crippen MR) is 56.1 cm³/mol. The van der Waals surface area contributed by atoms with E-state index in [9.17, 15) is 0 Å². The second-order valence-corrected chi connectivity index (χ2v) is 4.33. The van der Waals surface area contributed by atoms with E-state index in [0.717, 1.165) is 24.8 Å². The summed E-state index contributed by atoms with van der Waals surface area (Å²) in [5.74, 6) is 0. The van der Waals surface area contributed by atoms with Crippen LogP contribution in [0.1, 0.15) is 18.4 Å². The van der Waals surface area contributed by atoms with Gasteiger partial charge in [0.1, 0.15) is 5.58 Å². The fourth-order valence-electron chi connectivity index (χ4n) is 1.87. The van der Waals surface area contributed by atoms with Crippen LogP contribution < -0.4 is 5.73 Å². The average Bonchev–Trinajstić information content (AvgIpc) is 2.73. The van der Waals surface area contributed by atoms with Gasteiger partial charge in [-0.05, 0) is 43.0 Å². The lowest BCUT2D eigenvalue weighted by molar-refractivity contribution is 0.615. The van der Waals surface area contributed by atoms with Crippen LogP contribution in [0.5, 0.6) is 0 Å². The molecule has 2 heteroatoms. The normalized spacial score (nSPS) is 18.6. The number of hydrogen-bond donors (Lipinski definition) is 1. The van der Waals surface area contributed by atoms with E-state index in [2.05, 4.69) is 12.1 Å². The number of rotatable bonds is 2. The maximum absolute atomic E-state index is 6.07. The zero-order valence-electron chi connectivity index (χ0n) is 7.99. The Labute approximate surface area is 82.7 Å². The highest BCUT2D eigenvalue weighted by Crippen LogP contribution is 2.36. The van der Waals surface area contributed by atoms with Crippen LogP contribution in [0.15, 0.2) is 34.9 Å². The first kappa shape index (κ1) is 8.06. The van der Waals surface area contributed by atoms with Gasteiger partial charge in [0.25, 0.3) is 0 Å². The standard InChI is InChI=1S/C12H13NO/c13-12(4-5-12)8-9-1-2-11-10(7-9)3-6-14-11/h1-3,6-7H,4-5,8,13H2. The highest BCUT2D eigenvalue weighted by Gasteiger charge is 2.37. The number of furan rings is 1. The molecule has 0 aliphatic heterocycles. The molecular weight excluding hydrogens is 174 g/mol. The average molecular weight is 187 g/mol. The van der Waals surface area contributed by atoms with Crippen molar-refractivity contribution < 1.29 is 4.42 Å². The van der Waals surface area contributed by atoms with E-state index in [0.29, 0.717) is 0 Å². The summed E-state index contributed by atoms with van der Waals surface area (Å²) in [6, 6.07) is 8.30. The fraction of sp³-hybridized carbons (Fsp3) is 0.333. The van der Waals surface area contributed by atoms with E-state index < -0.39 is 0 Å². The lowest BCUT2D eigenvalue weighted by atomic mass is 10.0. The van der Waals surface area contributed by atoms with E-state index in [1.165, 1.54) is 10.9 Å². The summed E-state index contributed by atoms with van der Waals surface area (Å²) in [5.41, 5.74) is 8.44. The quantitative estimate of drug-likeness (QED) is 0.784. The molecule has 0 unspecified atom stereocenters. The molecule has 3 rings (SSSR count). The molecule has 0 bridgehead atoms. The Bertz CT molecular complexity index is 468. The largest absolute Gasteiger partial charge is 0.464 e. The van der Waals surface area contributed by atoms with Crippen LogP contribution in [0.3, 0.4) is 0 Å². The van der Waals surface area contributed by atoms with Gasteiger partial charge in [-0.1, -0.05) is 6.07 Å². The third-order valence-electron chi connectivity index (χ3n) is 2.97. The molecule has 0 spiro atoms. The maximum Gasteiger partial charge on any atom is 0.133 e. The van der Waals surface area contributed by atoms with Crippen molar-refractivity contribution in [1.82, 2.24) is 0 Å². The minimum absolute atomic E-state index is 0.0947. The van der Waals surface area contributed by atoms with Gasteiger partial charge in [-0.15, -0.1) is 0 Å². The summed E-state index contributed by atoms with van der Waals surface area (Å²) < 4.78 is 5.29. The Morgan fingerprint density at radius 2 is 2.14 bits per heavy atom. The zero-order chi connectivity index (χ0) is 9.60. The Balaban J connectivity index is 1.97. The van der Waals surface area contributed by atoms with Crippen molar-refractivity contribution in [2.24, 2.45) is 5.73 Å². The first-order valence-electron chi connectivity index (χ1n) is 5.00. The zero-order valence-corrected chi connectivity index (χ0v) is 7.99. The summed E-state index contributed by atoms with van der Waals surface area (Å²) in [4.78, 5) is 0. The molecular formula is C12H13NO. The van der Waals surface area contributed by atoms with Gasteiger partial charge in [0, 0.05) is 10.9 Å². The van der Waals surface area contributed by atoms with Crippen molar-refractivity contribution in [1.29, 1.82) is 0 Å². The van der Waals surface area contributed by atoms with Crippen molar-refractivity contribution in [2.45, 2.75) is 24.8 Å². The third kappa shape index (κ3) is 1.32. The van der Waals surface area contributed by atoms with Gasteiger partial charge in [0.2, 0.25) is 0 Å². The van der Waals surface area contributed by atoms with Crippen LogP contribution in [-0.4, -0.2) is 5.54 Å².